The molecule has 2 aromatic carbocycles. The Morgan fingerprint density at radius 2 is 1.70 bits per heavy atom. The first kappa shape index (κ1) is 27.7. The third-order valence-corrected chi connectivity index (χ3v) is 7.12. The average molecular weight is 568 g/mol. The molecule has 2 heterocycles. The largest absolute Gasteiger partial charge is 0.435 e. The van der Waals surface area contributed by atoms with Gasteiger partial charge in [-0.3, -0.25) is 4.55 Å². The van der Waals surface area contributed by atoms with E-state index in [1.807, 2.05) is 0 Å². The molecule has 0 bridgehead atoms. The first-order chi connectivity index (χ1) is 19.4. The molecular formula is C28H27F2N5O4S. The number of rotatable bonds is 9. The highest BCUT2D eigenvalue weighted by atomic mass is 32.2. The average Bonchev–Trinajstić information content (AvgIpc) is 2.97. The van der Waals surface area contributed by atoms with Crippen molar-refractivity contribution in [1.29, 1.82) is 0 Å². The molecule has 2 atom stereocenters. The number of aliphatic hydroxyl groups excluding tert-OH is 1. The fourth-order valence-corrected chi connectivity index (χ4v) is 5.12. The van der Waals surface area contributed by atoms with E-state index in [2.05, 4.69) is 25.0 Å². The van der Waals surface area contributed by atoms with E-state index < -0.39 is 34.7 Å². The zero-order valence-electron chi connectivity index (χ0n) is 21.2. The van der Waals surface area contributed by atoms with E-state index in [9.17, 15) is 13.9 Å². The predicted molar refractivity (Wildman–Crippen MR) is 146 cm³/mol. The zero-order chi connectivity index (χ0) is 28.1. The molecule has 2 unspecified atom stereocenters. The topological polar surface area (TPSA) is 129 Å². The summed E-state index contributed by atoms with van der Waals surface area (Å²) in [5.74, 6) is -2.51. The van der Waals surface area contributed by atoms with Crippen molar-refractivity contribution in [1.82, 2.24) is 19.7 Å². The minimum absolute atomic E-state index is 0.00758. The van der Waals surface area contributed by atoms with Crippen LogP contribution in [0, 0.1) is 11.6 Å². The molecule has 0 aliphatic heterocycles. The van der Waals surface area contributed by atoms with Crippen LogP contribution >= 0.6 is 0 Å². The first-order valence-corrected chi connectivity index (χ1v) is 13.8. The van der Waals surface area contributed by atoms with Crippen LogP contribution < -0.4 is 14.8 Å². The van der Waals surface area contributed by atoms with Crippen molar-refractivity contribution in [3.05, 3.63) is 95.8 Å². The Morgan fingerprint density at radius 3 is 2.45 bits per heavy atom. The highest BCUT2D eigenvalue weighted by Gasteiger charge is 2.25. The number of nitrogens with zero attached hydrogens (tertiary/aromatic N) is 3. The van der Waals surface area contributed by atoms with Gasteiger partial charge in [-0.1, -0.05) is 36.4 Å². The zero-order valence-corrected chi connectivity index (χ0v) is 22.0. The molecule has 1 aliphatic carbocycles. The van der Waals surface area contributed by atoms with Crippen molar-refractivity contribution in [2.45, 2.75) is 43.9 Å². The molecule has 1 saturated carbocycles. The summed E-state index contributed by atoms with van der Waals surface area (Å²) in [5, 5.41) is 13.0. The Kier molecular flexibility index (Phi) is 8.70. The van der Waals surface area contributed by atoms with Crippen LogP contribution in [0.5, 0.6) is 11.6 Å². The van der Waals surface area contributed by atoms with Crippen molar-refractivity contribution < 1.29 is 27.4 Å². The van der Waals surface area contributed by atoms with Gasteiger partial charge in [-0.05, 0) is 55.5 Å². The van der Waals surface area contributed by atoms with Gasteiger partial charge in [-0.25, -0.2) is 28.3 Å². The molecule has 40 heavy (non-hydrogen) atoms. The summed E-state index contributed by atoms with van der Waals surface area (Å²) in [5.41, 5.74) is 1.21. The number of pyridine rings is 1. The second kappa shape index (κ2) is 12.6. The third kappa shape index (κ3) is 6.48. The highest BCUT2D eigenvalue weighted by molar-refractivity contribution is 7.77. The summed E-state index contributed by atoms with van der Waals surface area (Å²) >= 11 is -2.49. The summed E-state index contributed by atoms with van der Waals surface area (Å²) in [6.07, 6.45) is 5.77. The van der Waals surface area contributed by atoms with Crippen molar-refractivity contribution >= 4 is 17.2 Å². The van der Waals surface area contributed by atoms with E-state index in [-0.39, 0.29) is 23.6 Å². The summed E-state index contributed by atoms with van der Waals surface area (Å²) in [7, 11) is 0. The van der Waals surface area contributed by atoms with Gasteiger partial charge in [-0.15, -0.1) is 0 Å². The number of aromatic nitrogens is 3. The number of halogens is 2. The van der Waals surface area contributed by atoms with Crippen LogP contribution in [0.15, 0.2) is 73.1 Å². The van der Waals surface area contributed by atoms with Gasteiger partial charge < -0.3 is 15.2 Å². The second-order valence-corrected chi connectivity index (χ2v) is 10.1. The summed E-state index contributed by atoms with van der Waals surface area (Å²) in [6.45, 7) is 0. The van der Waals surface area contributed by atoms with Gasteiger partial charge in [0.2, 0.25) is 28.9 Å². The van der Waals surface area contributed by atoms with E-state index in [0.717, 1.165) is 12.8 Å². The van der Waals surface area contributed by atoms with E-state index in [4.69, 9.17) is 4.74 Å². The number of anilines is 1. The van der Waals surface area contributed by atoms with Gasteiger partial charge in [0.1, 0.15) is 0 Å². The van der Waals surface area contributed by atoms with Crippen LogP contribution in [-0.2, 0) is 11.3 Å². The standard InChI is InChI=1S/C28H27F2N5O4S/c29-24-21(26(35-40(37)38)17-5-2-1-3-6-17)12-13-23(25(24)30)39-27-20(7-4-15-31-27)22-14-16-32-28(34-22)33-18-8-10-19(36)11-9-18/h1-7,12-16,18-19,26,35-36H,8-11H2,(H,37,38)(H,32,33,34). The molecular weight excluding hydrogens is 540 g/mol. The molecule has 9 nitrogen and oxygen atoms in total. The van der Waals surface area contributed by atoms with Crippen LogP contribution in [-0.4, -0.2) is 41.0 Å². The van der Waals surface area contributed by atoms with Crippen LogP contribution in [0.3, 0.4) is 0 Å². The molecule has 0 saturated heterocycles. The SMILES string of the molecule is O=S(O)NC(c1ccccc1)c1ccc(Oc2ncccc2-c2ccnc(NC3CCC(O)CC3)n2)c(F)c1F. The highest BCUT2D eigenvalue weighted by Crippen LogP contribution is 2.35. The number of nitrogens with one attached hydrogen (secondary N) is 2. The van der Waals surface area contributed by atoms with Gasteiger partial charge in [0.05, 0.1) is 23.4 Å². The fraction of sp³-hybridized carbons (Fsp3) is 0.250. The predicted octanol–water partition coefficient (Wildman–Crippen LogP) is 5.14. The molecule has 1 aliphatic rings. The first-order valence-electron chi connectivity index (χ1n) is 12.7. The molecule has 1 fully saturated rings. The van der Waals surface area contributed by atoms with Gasteiger partial charge in [0.25, 0.3) is 0 Å². The molecule has 4 N–H and O–H groups in total. The van der Waals surface area contributed by atoms with E-state index in [1.165, 1.54) is 18.3 Å². The Labute approximate surface area is 232 Å². The molecule has 2 aromatic heterocycles. The quantitative estimate of drug-likeness (QED) is 0.205. The fourth-order valence-electron chi connectivity index (χ4n) is 4.66. The van der Waals surface area contributed by atoms with Crippen LogP contribution in [0.2, 0.25) is 0 Å². The Balaban J connectivity index is 1.41. The lowest BCUT2D eigenvalue weighted by Crippen LogP contribution is -2.28. The number of hydrogen-bond donors (Lipinski definition) is 4. The summed E-state index contributed by atoms with van der Waals surface area (Å²) < 4.78 is 59.6. The van der Waals surface area contributed by atoms with E-state index >= 15 is 8.78 Å². The van der Waals surface area contributed by atoms with Crippen molar-refractivity contribution in [2.24, 2.45) is 0 Å². The van der Waals surface area contributed by atoms with Crippen LogP contribution in [0.25, 0.3) is 11.3 Å². The molecule has 4 aromatic rings. The number of ether oxygens (including phenoxy) is 1. The van der Waals surface area contributed by atoms with Gasteiger partial charge >= 0.3 is 0 Å². The number of benzene rings is 2. The molecule has 5 rings (SSSR count). The summed E-state index contributed by atoms with van der Waals surface area (Å²) in [4.78, 5) is 13.1. The lowest BCUT2D eigenvalue weighted by molar-refractivity contribution is 0.126. The van der Waals surface area contributed by atoms with Crippen LogP contribution in [0.4, 0.5) is 14.7 Å². The Morgan fingerprint density at radius 1 is 0.925 bits per heavy atom. The van der Waals surface area contributed by atoms with Crippen molar-refractivity contribution in [2.75, 3.05) is 5.32 Å². The Hall–Kier alpha value is -3.84. The maximum Gasteiger partial charge on any atom is 0.232 e. The van der Waals surface area contributed by atoms with Crippen molar-refractivity contribution in [3.63, 3.8) is 0 Å². The summed E-state index contributed by atoms with van der Waals surface area (Å²) in [6, 6.07) is 15.0. The molecule has 0 amide bonds. The monoisotopic (exact) mass is 567 g/mol. The molecule has 208 valence electrons. The number of aliphatic hydroxyl groups is 1. The second-order valence-electron chi connectivity index (χ2n) is 9.37. The minimum Gasteiger partial charge on any atom is -0.435 e. The Bertz CT molecular complexity index is 1490. The smallest absolute Gasteiger partial charge is 0.232 e. The number of hydrogen-bond acceptors (Lipinski definition) is 7. The lowest BCUT2D eigenvalue weighted by Gasteiger charge is -2.26. The van der Waals surface area contributed by atoms with Crippen LogP contribution in [0.1, 0.15) is 42.9 Å². The molecule has 12 heteroatoms. The molecule has 0 spiro atoms. The minimum atomic E-state index is -2.49. The lowest BCUT2D eigenvalue weighted by atomic mass is 9.93. The third-order valence-electron chi connectivity index (χ3n) is 6.68. The molecule has 0 radical (unpaired) electrons. The van der Waals surface area contributed by atoms with Gasteiger partial charge in [0.15, 0.2) is 11.6 Å². The van der Waals surface area contributed by atoms with Gasteiger partial charge in [-0.2, -0.15) is 4.39 Å². The van der Waals surface area contributed by atoms with E-state index in [1.54, 1.807) is 54.7 Å². The van der Waals surface area contributed by atoms with E-state index in [0.29, 0.717) is 35.6 Å². The van der Waals surface area contributed by atoms with Gasteiger partial charge in [0, 0.05) is 24.0 Å². The van der Waals surface area contributed by atoms with Crippen molar-refractivity contribution in [3.8, 4) is 22.9 Å². The maximum atomic E-state index is 15.3. The normalized spacial score (nSPS) is 18.6. The maximum absolute atomic E-state index is 15.3.